The molecule has 0 bridgehead atoms. The number of rotatable bonds is 16. The number of hydrogen-bond donors (Lipinski definition) is 1. The van der Waals surface area contributed by atoms with Crippen LogP contribution in [0.15, 0.2) is 91.0 Å². The van der Waals surface area contributed by atoms with Crippen molar-refractivity contribution in [1.29, 1.82) is 0 Å². The predicted molar refractivity (Wildman–Crippen MR) is 202 cm³/mol. The van der Waals surface area contributed by atoms with Crippen molar-refractivity contribution in [3.05, 3.63) is 108 Å². The fourth-order valence-electron chi connectivity index (χ4n) is 6.96. The molecule has 3 aliphatic rings. The summed E-state index contributed by atoms with van der Waals surface area (Å²) in [6.07, 6.45) is -4.87. The Morgan fingerprint density at radius 2 is 1.40 bits per heavy atom. The number of carboxylic acids is 1. The minimum absolute atomic E-state index is 0.0372. The number of hydrogen-bond acceptors (Lipinski definition) is 12. The molecule has 3 aromatic rings. The second kappa shape index (κ2) is 19.9. The van der Waals surface area contributed by atoms with E-state index in [0.29, 0.717) is 29.9 Å². The van der Waals surface area contributed by atoms with E-state index in [1.807, 2.05) is 63.2 Å². The molecule has 13 heteroatoms. The average Bonchev–Trinajstić information content (AvgIpc) is 3.21. The fourth-order valence-corrected chi connectivity index (χ4v) is 7.81. The second-order valence-electron chi connectivity index (χ2n) is 14.1. The average molecular weight is 779 g/mol. The lowest BCUT2D eigenvalue weighted by atomic mass is 9.83. The third kappa shape index (κ3) is 10.7. The Morgan fingerprint density at radius 3 is 2.07 bits per heavy atom. The number of benzene rings is 3. The molecule has 12 nitrogen and oxygen atoms in total. The van der Waals surface area contributed by atoms with Crippen LogP contribution < -0.4 is 0 Å². The van der Waals surface area contributed by atoms with E-state index < -0.39 is 67.3 Å². The molecule has 296 valence electrons. The van der Waals surface area contributed by atoms with Crippen LogP contribution in [0.5, 0.6) is 0 Å². The zero-order valence-electron chi connectivity index (χ0n) is 31.3. The molecule has 3 saturated heterocycles. The molecule has 1 N–H and O–H groups in total. The summed E-state index contributed by atoms with van der Waals surface area (Å²) in [7, 11) is 0. The van der Waals surface area contributed by atoms with Gasteiger partial charge >= 0.3 is 17.9 Å². The van der Waals surface area contributed by atoms with Gasteiger partial charge in [0, 0.05) is 23.2 Å². The number of ether oxygens (including phenoxy) is 8. The van der Waals surface area contributed by atoms with Gasteiger partial charge in [-0.05, 0) is 42.4 Å². The van der Waals surface area contributed by atoms with Gasteiger partial charge in [-0.2, -0.15) is 11.8 Å². The van der Waals surface area contributed by atoms with Gasteiger partial charge < -0.3 is 43.0 Å². The van der Waals surface area contributed by atoms with Crippen molar-refractivity contribution in [2.24, 2.45) is 17.8 Å². The highest BCUT2D eigenvalue weighted by atomic mass is 32.2. The van der Waals surface area contributed by atoms with Crippen molar-refractivity contribution in [2.75, 3.05) is 31.3 Å². The number of carbonyl (C=O) groups is 3. The molecule has 55 heavy (non-hydrogen) atoms. The highest BCUT2D eigenvalue weighted by molar-refractivity contribution is 7.99. The molecule has 0 spiro atoms. The Balaban J connectivity index is 1.23. The van der Waals surface area contributed by atoms with Crippen molar-refractivity contribution >= 4 is 29.7 Å². The molecular formula is C42H50O12S. The first-order valence-electron chi connectivity index (χ1n) is 18.9. The van der Waals surface area contributed by atoms with Crippen molar-refractivity contribution in [3.63, 3.8) is 0 Å². The fraction of sp³-hybridized carbons (Fsp3) is 0.500. The highest BCUT2D eigenvalue weighted by Gasteiger charge is 2.53. The number of thioether (sulfide) groups is 1. The maximum Gasteiger partial charge on any atom is 0.338 e. The van der Waals surface area contributed by atoms with Crippen LogP contribution in [-0.2, 0) is 42.7 Å². The van der Waals surface area contributed by atoms with Gasteiger partial charge in [0.25, 0.3) is 0 Å². The summed E-state index contributed by atoms with van der Waals surface area (Å²) >= 11 is 1.56. The van der Waals surface area contributed by atoms with Gasteiger partial charge in [0.05, 0.1) is 43.0 Å². The summed E-state index contributed by atoms with van der Waals surface area (Å²) in [5, 5.41) is 8.94. The van der Waals surface area contributed by atoms with Crippen LogP contribution in [0.2, 0.25) is 0 Å². The number of fused-ring (bicyclic) bond motifs is 1. The molecule has 0 saturated carbocycles. The Labute approximate surface area is 326 Å². The minimum Gasteiger partial charge on any atom is -0.481 e. The normalized spacial score (nSPS) is 30.5. The van der Waals surface area contributed by atoms with Crippen molar-refractivity contribution in [1.82, 2.24) is 0 Å². The van der Waals surface area contributed by atoms with Gasteiger partial charge in [-0.15, -0.1) is 0 Å². The zero-order chi connectivity index (χ0) is 38.7. The first-order chi connectivity index (χ1) is 26.7. The van der Waals surface area contributed by atoms with E-state index in [0.717, 1.165) is 11.3 Å². The van der Waals surface area contributed by atoms with E-state index in [-0.39, 0.29) is 37.4 Å². The zero-order valence-corrected chi connectivity index (χ0v) is 32.1. The predicted octanol–water partition coefficient (Wildman–Crippen LogP) is 6.54. The Bertz CT molecular complexity index is 1660. The Kier molecular flexibility index (Phi) is 14.7. The molecule has 0 aliphatic carbocycles. The smallest absolute Gasteiger partial charge is 0.338 e. The minimum atomic E-state index is -1.07. The Morgan fingerprint density at radius 1 is 0.745 bits per heavy atom. The summed E-state index contributed by atoms with van der Waals surface area (Å²) in [5.74, 6) is -1.37. The second-order valence-corrected chi connectivity index (χ2v) is 15.3. The molecular weight excluding hydrogens is 729 g/mol. The van der Waals surface area contributed by atoms with Crippen LogP contribution in [0, 0.1) is 17.8 Å². The summed E-state index contributed by atoms with van der Waals surface area (Å²) in [6.45, 7) is 6.48. The van der Waals surface area contributed by atoms with E-state index in [4.69, 9.17) is 43.0 Å². The lowest BCUT2D eigenvalue weighted by molar-refractivity contribution is -0.381. The van der Waals surface area contributed by atoms with Crippen LogP contribution >= 0.6 is 11.8 Å². The quantitative estimate of drug-likeness (QED) is 0.124. The monoisotopic (exact) mass is 778 g/mol. The lowest BCUT2D eigenvalue weighted by Crippen LogP contribution is -2.63. The standard InChI is InChI=1S/C42H50O12S/c1-26-27(2)36(52-39(46)30-16-9-5-10-17-30)42(50-32(26)24-48-38(45)29-14-7-4-8-15-29)53-35-28(3)40(47-21-13-22-55-23-20-34(43)44)51-33-25-49-41(54-37(33)35)31-18-11-6-12-19-31/h4-12,14-19,26-28,32-33,35-37,40-42H,13,20-25H2,1-3H3,(H,43,44)/t26-,27+,28?,32?,33?,35-,36?,37+,40+,41?,42+/m1/s1. The van der Waals surface area contributed by atoms with Gasteiger partial charge in [0.1, 0.15) is 18.8 Å². The molecule has 3 heterocycles. The van der Waals surface area contributed by atoms with E-state index in [1.54, 1.807) is 60.3 Å². The van der Waals surface area contributed by atoms with Crippen molar-refractivity contribution in [2.45, 2.75) is 83.0 Å². The van der Waals surface area contributed by atoms with Gasteiger partial charge in [-0.3, -0.25) is 4.79 Å². The van der Waals surface area contributed by atoms with E-state index >= 15 is 0 Å². The number of esters is 2. The van der Waals surface area contributed by atoms with Crippen molar-refractivity contribution < 1.29 is 57.4 Å². The third-order valence-corrected chi connectivity index (χ3v) is 11.4. The summed E-state index contributed by atoms with van der Waals surface area (Å²) in [5.41, 5.74) is 1.67. The summed E-state index contributed by atoms with van der Waals surface area (Å²) in [6, 6.07) is 27.1. The molecule has 3 fully saturated rings. The number of aliphatic carboxylic acids is 1. The van der Waals surface area contributed by atoms with Crippen LogP contribution in [0.4, 0.5) is 0 Å². The van der Waals surface area contributed by atoms with E-state index in [1.165, 1.54) is 0 Å². The van der Waals surface area contributed by atoms with Gasteiger partial charge in [0.2, 0.25) is 0 Å². The number of carboxylic acid groups (broad SMARTS) is 1. The van der Waals surface area contributed by atoms with Crippen LogP contribution in [0.25, 0.3) is 0 Å². The number of carbonyl (C=O) groups excluding carboxylic acids is 2. The molecule has 3 aromatic carbocycles. The van der Waals surface area contributed by atoms with Gasteiger partial charge in [-0.25, -0.2) is 9.59 Å². The summed E-state index contributed by atoms with van der Waals surface area (Å²) in [4.78, 5) is 37.4. The first kappa shape index (κ1) is 40.8. The van der Waals surface area contributed by atoms with E-state index in [9.17, 15) is 14.4 Å². The van der Waals surface area contributed by atoms with Gasteiger partial charge in [0.15, 0.2) is 25.0 Å². The SMILES string of the molecule is CC1[C@@H](OCCCSCCC(=O)O)OC2COC(c3ccccc3)O[C@@H]2[C@@H]1O[C@@H]1OC(COC(=O)c2ccccc2)[C@H](C)[C@H](C)C1OC(=O)c1ccccc1. The first-order valence-corrected chi connectivity index (χ1v) is 20.0. The molecule has 3 aliphatic heterocycles. The van der Waals surface area contributed by atoms with Crippen LogP contribution in [0.3, 0.4) is 0 Å². The highest BCUT2D eigenvalue weighted by Crippen LogP contribution is 2.41. The molecule has 0 radical (unpaired) electrons. The maximum atomic E-state index is 13.5. The summed E-state index contributed by atoms with van der Waals surface area (Å²) < 4.78 is 51.1. The molecule has 6 rings (SSSR count). The lowest BCUT2D eigenvalue weighted by Gasteiger charge is -2.51. The Hall–Kier alpha value is -3.82. The van der Waals surface area contributed by atoms with Crippen LogP contribution in [-0.4, -0.2) is 97.4 Å². The molecule has 0 amide bonds. The molecule has 0 aromatic heterocycles. The third-order valence-electron chi connectivity index (χ3n) is 10.3. The van der Waals surface area contributed by atoms with Gasteiger partial charge in [-0.1, -0.05) is 87.5 Å². The maximum absolute atomic E-state index is 13.5. The topological polar surface area (TPSA) is 145 Å². The van der Waals surface area contributed by atoms with E-state index in [2.05, 4.69) is 0 Å². The largest absolute Gasteiger partial charge is 0.481 e. The van der Waals surface area contributed by atoms with Crippen molar-refractivity contribution in [3.8, 4) is 0 Å². The van der Waals surface area contributed by atoms with Crippen LogP contribution in [0.1, 0.15) is 66.2 Å². The molecule has 5 unspecified atom stereocenters. The molecule has 11 atom stereocenters.